The molecule has 7 aromatic carbocycles. The topological polar surface area (TPSA) is 42.8 Å². The van der Waals surface area contributed by atoms with Crippen molar-refractivity contribution in [3.8, 4) is 39.9 Å². The number of nitrogens with zero attached hydrogens (tertiary/aromatic N) is 4. The minimum absolute atomic E-state index is 0.0844. The lowest BCUT2D eigenvalue weighted by atomic mass is 9.59. The Hall–Kier alpha value is -7.31. The van der Waals surface area contributed by atoms with Crippen LogP contribution >= 0.6 is 0 Å². The van der Waals surface area contributed by atoms with Gasteiger partial charge in [0.2, 0.25) is 0 Å². The number of hydrogen-bond donors (Lipinski definition) is 0. The van der Waals surface area contributed by atoms with Gasteiger partial charge in [-0.3, -0.25) is 4.57 Å². The van der Waals surface area contributed by atoms with Gasteiger partial charge in [-0.05, 0) is 93.9 Å². The van der Waals surface area contributed by atoms with Crippen molar-refractivity contribution in [3.05, 3.63) is 198 Å². The number of fused-ring (bicyclic) bond motifs is 11. The SMILES string of the molecule is CN1CN2c3cc(Oc4ccc5c6ccccc6n(-c6ccccn6)c5c4)ccc3C3(c4cc(C(C)(C)C)ccc4Oc4cccc(-c5ccccc5)c43)c3cccc1c32. The highest BCUT2D eigenvalue weighted by molar-refractivity contribution is 6.09. The van der Waals surface area contributed by atoms with E-state index in [-0.39, 0.29) is 5.41 Å². The molecule has 6 nitrogen and oxygen atoms in total. The van der Waals surface area contributed by atoms with Crippen LogP contribution in [0.25, 0.3) is 38.8 Å². The number of ether oxygens (including phenoxy) is 2. The predicted octanol–water partition coefficient (Wildman–Crippen LogP) is 13.3. The minimum atomic E-state index is -0.722. The van der Waals surface area contributed by atoms with Crippen LogP contribution < -0.4 is 19.3 Å². The van der Waals surface area contributed by atoms with E-state index in [1.165, 1.54) is 33.5 Å². The highest BCUT2D eigenvalue weighted by Crippen LogP contribution is 2.66. The molecule has 0 saturated heterocycles. The smallest absolute Gasteiger partial charge is 0.137 e. The van der Waals surface area contributed by atoms with Crippen molar-refractivity contribution in [1.82, 2.24) is 9.55 Å². The summed E-state index contributed by atoms with van der Waals surface area (Å²) in [5, 5.41) is 2.33. The first-order valence-corrected chi connectivity index (χ1v) is 20.7. The molecule has 3 aliphatic rings. The van der Waals surface area contributed by atoms with Crippen molar-refractivity contribution in [2.75, 3.05) is 23.5 Å². The second-order valence-corrected chi connectivity index (χ2v) is 17.3. The van der Waals surface area contributed by atoms with Crippen molar-refractivity contribution >= 4 is 38.9 Å². The molecular weight excluding hydrogens is 737 g/mol. The van der Waals surface area contributed by atoms with Gasteiger partial charge in [0.05, 0.1) is 40.2 Å². The molecule has 0 aliphatic carbocycles. The van der Waals surface area contributed by atoms with Gasteiger partial charge in [0.15, 0.2) is 0 Å². The number of rotatable bonds is 4. The van der Waals surface area contributed by atoms with Gasteiger partial charge in [0, 0.05) is 47.3 Å². The Morgan fingerprint density at radius 2 is 1.40 bits per heavy atom. The number of aromatic nitrogens is 2. The maximum absolute atomic E-state index is 7.00. The average Bonchev–Trinajstić information content (AvgIpc) is 3.79. The second-order valence-electron chi connectivity index (χ2n) is 17.3. The van der Waals surface area contributed by atoms with Crippen LogP contribution in [0.5, 0.6) is 23.0 Å². The molecule has 0 fully saturated rings. The molecule has 5 heterocycles. The van der Waals surface area contributed by atoms with Crippen LogP contribution in [0.3, 0.4) is 0 Å². The Morgan fingerprint density at radius 3 is 2.25 bits per heavy atom. The van der Waals surface area contributed by atoms with Gasteiger partial charge in [-0.1, -0.05) is 112 Å². The summed E-state index contributed by atoms with van der Waals surface area (Å²) in [7, 11) is 2.19. The minimum Gasteiger partial charge on any atom is -0.457 e. The molecule has 0 bridgehead atoms. The van der Waals surface area contributed by atoms with Crippen molar-refractivity contribution < 1.29 is 9.47 Å². The number of anilines is 3. The Bertz CT molecular complexity index is 3200. The van der Waals surface area contributed by atoms with Gasteiger partial charge in [0.1, 0.15) is 28.8 Å². The van der Waals surface area contributed by atoms with Crippen LogP contribution in [0.2, 0.25) is 0 Å². The van der Waals surface area contributed by atoms with Gasteiger partial charge in [-0.15, -0.1) is 0 Å². The maximum atomic E-state index is 7.00. The number of benzene rings is 7. The van der Waals surface area contributed by atoms with E-state index in [9.17, 15) is 0 Å². The van der Waals surface area contributed by atoms with E-state index >= 15 is 0 Å². The fourth-order valence-corrected chi connectivity index (χ4v) is 10.2. The van der Waals surface area contributed by atoms with Crippen LogP contribution in [0.1, 0.15) is 48.6 Å². The predicted molar refractivity (Wildman–Crippen MR) is 243 cm³/mol. The summed E-state index contributed by atoms with van der Waals surface area (Å²) in [4.78, 5) is 9.59. The van der Waals surface area contributed by atoms with Crippen LogP contribution in [0, 0.1) is 0 Å². The Morgan fingerprint density at radius 1 is 0.617 bits per heavy atom. The van der Waals surface area contributed by atoms with Crippen molar-refractivity contribution in [2.45, 2.75) is 31.6 Å². The fraction of sp³-hybridized carbons (Fsp3) is 0.130. The van der Waals surface area contributed by atoms with E-state index in [4.69, 9.17) is 14.5 Å². The Balaban J connectivity index is 1.11. The summed E-state index contributed by atoms with van der Waals surface area (Å²) < 4.78 is 16.2. The van der Waals surface area contributed by atoms with E-state index in [2.05, 4.69) is 194 Å². The Labute approximate surface area is 349 Å². The zero-order valence-corrected chi connectivity index (χ0v) is 34.0. The number of hydrogen-bond acceptors (Lipinski definition) is 5. The van der Waals surface area contributed by atoms with E-state index < -0.39 is 5.41 Å². The summed E-state index contributed by atoms with van der Waals surface area (Å²) in [6, 6.07) is 58.6. The third-order valence-electron chi connectivity index (χ3n) is 12.8. The Kier molecular flexibility index (Phi) is 7.29. The standard InChI is InChI=1S/C54H42N4O2/c1-53(2,3)35-23-28-48-43(30-35)54(51-38(17-12-21-49(51)60-48)34-14-6-5-7-15-34)41-27-25-37(32-47(41)57-33-56(4)45-20-13-18-42(54)52(45)57)59-36-24-26-40-39-16-8-9-19-44(39)58(46(40)31-36)50-22-10-11-29-55-50/h5-32H,33H2,1-4H3. The molecule has 0 N–H and O–H groups in total. The molecule has 0 amide bonds. The molecule has 1 spiro atoms. The summed E-state index contributed by atoms with van der Waals surface area (Å²) >= 11 is 0. The number of para-hydroxylation sites is 2. The molecule has 12 rings (SSSR count). The molecule has 9 aromatic rings. The molecule has 2 aromatic heterocycles. The van der Waals surface area contributed by atoms with Crippen LogP contribution in [-0.2, 0) is 10.8 Å². The summed E-state index contributed by atoms with van der Waals surface area (Å²) in [6.07, 6.45) is 1.84. The van der Waals surface area contributed by atoms with E-state index in [1.54, 1.807) is 0 Å². The van der Waals surface area contributed by atoms with Gasteiger partial charge < -0.3 is 19.3 Å². The third kappa shape index (κ3) is 4.85. The number of pyridine rings is 1. The molecule has 1 unspecified atom stereocenters. The fourth-order valence-electron chi connectivity index (χ4n) is 10.2. The van der Waals surface area contributed by atoms with Gasteiger partial charge >= 0.3 is 0 Å². The van der Waals surface area contributed by atoms with Crippen molar-refractivity contribution in [3.63, 3.8) is 0 Å². The molecule has 0 radical (unpaired) electrons. The maximum Gasteiger partial charge on any atom is 0.137 e. The van der Waals surface area contributed by atoms with Crippen LogP contribution in [-0.4, -0.2) is 23.3 Å². The highest BCUT2D eigenvalue weighted by Gasteiger charge is 2.54. The lowest BCUT2D eigenvalue weighted by Gasteiger charge is -2.48. The quantitative estimate of drug-likeness (QED) is 0.178. The molecule has 0 saturated carbocycles. The zero-order chi connectivity index (χ0) is 40.3. The largest absolute Gasteiger partial charge is 0.457 e. The van der Waals surface area contributed by atoms with E-state index in [0.29, 0.717) is 6.67 Å². The van der Waals surface area contributed by atoms with Crippen molar-refractivity contribution in [1.29, 1.82) is 0 Å². The molecule has 290 valence electrons. The first kappa shape index (κ1) is 34.7. The first-order valence-electron chi connectivity index (χ1n) is 20.7. The summed E-state index contributed by atoms with van der Waals surface area (Å²) in [5.41, 5.74) is 13.2. The summed E-state index contributed by atoms with van der Waals surface area (Å²) in [5.74, 6) is 4.14. The molecule has 60 heavy (non-hydrogen) atoms. The second kappa shape index (κ2) is 12.6. The van der Waals surface area contributed by atoms with Crippen LogP contribution in [0.15, 0.2) is 170 Å². The third-order valence-corrected chi connectivity index (χ3v) is 12.8. The lowest BCUT2D eigenvalue weighted by Crippen LogP contribution is -2.41. The van der Waals surface area contributed by atoms with E-state index in [0.717, 1.165) is 73.2 Å². The molecule has 1 atom stereocenters. The highest BCUT2D eigenvalue weighted by atomic mass is 16.5. The molecular formula is C54H42N4O2. The molecule has 6 heteroatoms. The van der Waals surface area contributed by atoms with Gasteiger partial charge in [0.25, 0.3) is 0 Å². The summed E-state index contributed by atoms with van der Waals surface area (Å²) in [6.45, 7) is 7.58. The normalized spacial score (nSPS) is 16.1. The first-order chi connectivity index (χ1) is 29.3. The zero-order valence-electron chi connectivity index (χ0n) is 34.0. The van der Waals surface area contributed by atoms with E-state index in [1.807, 2.05) is 18.3 Å². The monoisotopic (exact) mass is 778 g/mol. The van der Waals surface area contributed by atoms with Gasteiger partial charge in [-0.2, -0.15) is 0 Å². The lowest BCUT2D eigenvalue weighted by molar-refractivity contribution is 0.432. The van der Waals surface area contributed by atoms with Gasteiger partial charge in [-0.25, -0.2) is 4.98 Å². The van der Waals surface area contributed by atoms with Crippen LogP contribution in [0.4, 0.5) is 17.1 Å². The molecule has 3 aliphatic heterocycles. The average molecular weight is 779 g/mol. The van der Waals surface area contributed by atoms with Crippen molar-refractivity contribution in [2.24, 2.45) is 0 Å².